The predicted octanol–water partition coefficient (Wildman–Crippen LogP) is 3.25. The van der Waals surface area contributed by atoms with E-state index in [1.165, 1.54) is 4.31 Å². The van der Waals surface area contributed by atoms with Crippen LogP contribution in [-0.2, 0) is 10.0 Å². The van der Waals surface area contributed by atoms with Gasteiger partial charge in [0.15, 0.2) is 5.76 Å². The van der Waals surface area contributed by atoms with E-state index in [9.17, 15) is 8.42 Å². The molecule has 9 heteroatoms. The fourth-order valence-corrected chi connectivity index (χ4v) is 5.88. The maximum Gasteiger partial charge on any atom is 0.249 e. The first-order valence-corrected chi connectivity index (χ1v) is 11.0. The van der Waals surface area contributed by atoms with Crippen LogP contribution in [0.4, 0.5) is 5.95 Å². The van der Waals surface area contributed by atoms with Crippen LogP contribution in [0.5, 0.6) is 0 Å². The number of nitrogen functional groups attached to an aromatic ring is 1. The molecule has 152 valence electrons. The molecular weight excluding hydrogens is 390 g/mol. The molecule has 0 bridgehead atoms. The van der Waals surface area contributed by atoms with E-state index in [-0.39, 0.29) is 16.6 Å². The topological polar surface area (TPSA) is 115 Å². The Morgan fingerprint density at radius 1 is 1.17 bits per heavy atom. The highest BCUT2D eigenvalue weighted by Crippen LogP contribution is 2.39. The zero-order chi connectivity index (χ0) is 20.6. The van der Waals surface area contributed by atoms with Crippen LogP contribution in [0.3, 0.4) is 0 Å². The average molecular weight is 414 g/mol. The lowest BCUT2D eigenvalue weighted by Crippen LogP contribution is -2.39. The standard InChI is InChI=1S/C20H23N5O3S/c1-13-19(14(2)28-24-13)29(26,27)25-11-7-6-10-17(25)18-16(12-22-20(21)23-18)15-8-4-3-5-9-15/h3-5,8-9,12,17H,6-7,10-11H2,1-2H3,(H2,21,22,23)/t17-/m0/s1. The number of nitrogens with zero attached hydrogens (tertiary/aromatic N) is 4. The Hall–Kier alpha value is -2.78. The number of hydrogen-bond donors (Lipinski definition) is 1. The highest BCUT2D eigenvalue weighted by molar-refractivity contribution is 7.89. The Balaban J connectivity index is 1.85. The van der Waals surface area contributed by atoms with Crippen LogP contribution in [0.15, 0.2) is 45.9 Å². The second-order valence-electron chi connectivity index (χ2n) is 7.17. The Labute approximate surface area is 169 Å². The second kappa shape index (κ2) is 7.57. The summed E-state index contributed by atoms with van der Waals surface area (Å²) in [7, 11) is -3.81. The fourth-order valence-electron chi connectivity index (χ4n) is 3.93. The monoisotopic (exact) mass is 413 g/mol. The van der Waals surface area contributed by atoms with Crippen molar-refractivity contribution >= 4 is 16.0 Å². The largest absolute Gasteiger partial charge is 0.368 e. The summed E-state index contributed by atoms with van der Waals surface area (Å²) in [4.78, 5) is 8.77. The zero-order valence-electron chi connectivity index (χ0n) is 16.4. The van der Waals surface area contributed by atoms with Gasteiger partial charge in [-0.15, -0.1) is 0 Å². The molecule has 4 rings (SSSR count). The lowest BCUT2D eigenvalue weighted by molar-refractivity contribution is 0.251. The van der Waals surface area contributed by atoms with Crippen molar-refractivity contribution in [2.45, 2.75) is 44.0 Å². The Morgan fingerprint density at radius 2 is 1.93 bits per heavy atom. The van der Waals surface area contributed by atoms with E-state index < -0.39 is 16.1 Å². The van der Waals surface area contributed by atoms with Crippen LogP contribution in [0.25, 0.3) is 11.1 Å². The summed E-state index contributed by atoms with van der Waals surface area (Å²) in [6.07, 6.45) is 4.00. The van der Waals surface area contributed by atoms with Gasteiger partial charge in [0.25, 0.3) is 0 Å². The van der Waals surface area contributed by atoms with Crippen molar-refractivity contribution in [3.63, 3.8) is 0 Å². The smallest absolute Gasteiger partial charge is 0.249 e. The van der Waals surface area contributed by atoms with Crippen molar-refractivity contribution in [2.75, 3.05) is 12.3 Å². The Bertz CT molecular complexity index is 1110. The van der Waals surface area contributed by atoms with Crippen LogP contribution in [0.1, 0.15) is 42.5 Å². The SMILES string of the molecule is Cc1noc(C)c1S(=O)(=O)N1CCCC[C@H]1c1nc(N)ncc1-c1ccccc1. The van der Waals surface area contributed by atoms with Crippen molar-refractivity contribution in [1.29, 1.82) is 0 Å². The molecule has 1 aromatic carbocycles. The van der Waals surface area contributed by atoms with Crippen LogP contribution in [-0.4, -0.2) is 34.4 Å². The van der Waals surface area contributed by atoms with Gasteiger partial charge in [0.1, 0.15) is 10.6 Å². The van der Waals surface area contributed by atoms with Crippen molar-refractivity contribution in [2.24, 2.45) is 0 Å². The number of piperidine rings is 1. The third-order valence-corrected chi connectivity index (χ3v) is 7.38. The quantitative estimate of drug-likeness (QED) is 0.698. The molecular formula is C20H23N5O3S. The van der Waals surface area contributed by atoms with E-state index in [4.69, 9.17) is 10.3 Å². The molecule has 29 heavy (non-hydrogen) atoms. The van der Waals surface area contributed by atoms with Gasteiger partial charge in [-0.05, 0) is 32.3 Å². The van der Waals surface area contributed by atoms with Gasteiger partial charge in [0.05, 0.1) is 11.7 Å². The van der Waals surface area contributed by atoms with Gasteiger partial charge in [0, 0.05) is 18.3 Å². The number of nitrogens with two attached hydrogens (primary N) is 1. The molecule has 0 spiro atoms. The minimum atomic E-state index is -3.81. The first kappa shape index (κ1) is 19.5. The summed E-state index contributed by atoms with van der Waals surface area (Å²) in [6.45, 7) is 3.65. The summed E-state index contributed by atoms with van der Waals surface area (Å²) in [5, 5.41) is 3.83. The summed E-state index contributed by atoms with van der Waals surface area (Å²) in [5.41, 5.74) is 8.58. The predicted molar refractivity (Wildman–Crippen MR) is 108 cm³/mol. The van der Waals surface area contributed by atoms with Crippen LogP contribution in [0, 0.1) is 13.8 Å². The van der Waals surface area contributed by atoms with E-state index in [1.807, 2.05) is 30.3 Å². The molecule has 1 atom stereocenters. The number of sulfonamides is 1. The molecule has 1 fully saturated rings. The highest BCUT2D eigenvalue weighted by atomic mass is 32.2. The molecule has 0 saturated carbocycles. The van der Waals surface area contributed by atoms with Gasteiger partial charge in [-0.25, -0.2) is 18.4 Å². The second-order valence-corrected chi connectivity index (χ2v) is 9.00. The van der Waals surface area contributed by atoms with Gasteiger partial charge in [-0.2, -0.15) is 4.31 Å². The van der Waals surface area contributed by atoms with E-state index in [1.54, 1.807) is 20.0 Å². The molecule has 3 heterocycles. The van der Waals surface area contributed by atoms with E-state index in [2.05, 4.69) is 15.1 Å². The summed E-state index contributed by atoms with van der Waals surface area (Å²) in [5.74, 6) is 0.414. The van der Waals surface area contributed by atoms with Crippen LogP contribution >= 0.6 is 0 Å². The number of benzene rings is 1. The third kappa shape index (κ3) is 3.51. The lowest BCUT2D eigenvalue weighted by Gasteiger charge is -2.35. The van der Waals surface area contributed by atoms with E-state index >= 15 is 0 Å². The Kier molecular flexibility index (Phi) is 5.10. The third-order valence-electron chi connectivity index (χ3n) is 5.23. The Morgan fingerprint density at radius 3 is 2.62 bits per heavy atom. The van der Waals surface area contributed by atoms with Gasteiger partial charge in [0.2, 0.25) is 16.0 Å². The van der Waals surface area contributed by atoms with Crippen molar-refractivity contribution in [3.05, 3.63) is 53.7 Å². The van der Waals surface area contributed by atoms with Crippen LogP contribution < -0.4 is 5.73 Å². The normalized spacial score (nSPS) is 18.1. The number of anilines is 1. The molecule has 1 aliphatic heterocycles. The van der Waals surface area contributed by atoms with Crippen molar-refractivity contribution in [1.82, 2.24) is 19.4 Å². The van der Waals surface area contributed by atoms with Gasteiger partial charge >= 0.3 is 0 Å². The van der Waals surface area contributed by atoms with Crippen molar-refractivity contribution in [3.8, 4) is 11.1 Å². The molecule has 3 aromatic rings. The minimum absolute atomic E-state index is 0.125. The number of aryl methyl sites for hydroxylation is 2. The van der Waals surface area contributed by atoms with Crippen molar-refractivity contribution < 1.29 is 12.9 Å². The first-order valence-electron chi connectivity index (χ1n) is 9.52. The van der Waals surface area contributed by atoms with Gasteiger partial charge in [-0.1, -0.05) is 41.9 Å². The molecule has 2 N–H and O–H groups in total. The molecule has 0 radical (unpaired) electrons. The number of aromatic nitrogens is 3. The van der Waals surface area contributed by atoms with Gasteiger partial charge < -0.3 is 10.3 Å². The molecule has 0 unspecified atom stereocenters. The van der Waals surface area contributed by atoms with Crippen LogP contribution in [0.2, 0.25) is 0 Å². The maximum absolute atomic E-state index is 13.6. The molecule has 8 nitrogen and oxygen atoms in total. The number of hydrogen-bond acceptors (Lipinski definition) is 7. The summed E-state index contributed by atoms with van der Waals surface area (Å²) >= 11 is 0. The van der Waals surface area contributed by atoms with E-state index in [0.29, 0.717) is 24.4 Å². The average Bonchev–Trinajstić information content (AvgIpc) is 3.07. The molecule has 2 aromatic heterocycles. The summed E-state index contributed by atoms with van der Waals surface area (Å²) < 4.78 is 33.8. The fraction of sp³-hybridized carbons (Fsp3) is 0.350. The van der Waals surface area contributed by atoms with E-state index in [0.717, 1.165) is 24.0 Å². The minimum Gasteiger partial charge on any atom is -0.368 e. The molecule has 0 amide bonds. The molecule has 0 aliphatic carbocycles. The first-order chi connectivity index (χ1) is 13.9. The maximum atomic E-state index is 13.6. The lowest BCUT2D eigenvalue weighted by atomic mass is 9.95. The summed E-state index contributed by atoms with van der Waals surface area (Å²) in [6, 6.07) is 9.24. The zero-order valence-corrected chi connectivity index (χ0v) is 17.2. The number of rotatable bonds is 4. The molecule has 1 saturated heterocycles. The molecule has 1 aliphatic rings. The highest BCUT2D eigenvalue weighted by Gasteiger charge is 2.39. The van der Waals surface area contributed by atoms with Gasteiger partial charge in [-0.3, -0.25) is 0 Å².